The molecule has 3 rings (SSSR count). The van der Waals surface area contributed by atoms with Crippen LogP contribution in [0.1, 0.15) is 5.56 Å². The summed E-state index contributed by atoms with van der Waals surface area (Å²) in [6.07, 6.45) is 1.55. The fraction of sp³-hybridized carbons (Fsp3) is 0.182. The van der Waals surface area contributed by atoms with Crippen LogP contribution >= 0.6 is 11.8 Å². The predicted molar refractivity (Wildman–Crippen MR) is 119 cm³/mol. The third kappa shape index (κ3) is 4.61. The predicted octanol–water partition coefficient (Wildman–Crippen LogP) is 4.22. The van der Waals surface area contributed by atoms with Gasteiger partial charge in [0.2, 0.25) is 0 Å². The van der Waals surface area contributed by atoms with Gasteiger partial charge in [0.1, 0.15) is 27.9 Å². The van der Waals surface area contributed by atoms with Crippen LogP contribution in [0.15, 0.2) is 57.6 Å². The number of benzene rings is 2. The summed E-state index contributed by atoms with van der Waals surface area (Å²) < 4.78 is 20.4. The maximum Gasteiger partial charge on any atom is 0.344 e. The van der Waals surface area contributed by atoms with E-state index in [1.165, 1.54) is 34.5 Å². The lowest BCUT2D eigenvalue weighted by Crippen LogP contribution is -2.10. The Bertz CT molecular complexity index is 1110. The molecule has 0 saturated heterocycles. The smallest absolute Gasteiger partial charge is 0.344 e. The van der Waals surface area contributed by atoms with Crippen molar-refractivity contribution in [3.63, 3.8) is 0 Å². The molecule has 0 atom stereocenters. The normalized spacial score (nSPS) is 16.0. The van der Waals surface area contributed by atoms with Gasteiger partial charge in [0.25, 0.3) is 0 Å². The van der Waals surface area contributed by atoms with E-state index in [0.717, 1.165) is 11.8 Å². The summed E-state index contributed by atoms with van der Waals surface area (Å²) in [4.78, 5) is 17.1. The van der Waals surface area contributed by atoms with E-state index in [0.29, 0.717) is 33.4 Å². The lowest BCUT2D eigenvalue weighted by Gasteiger charge is -2.08. The number of aliphatic hydroxyl groups is 1. The Balaban J connectivity index is 2.05. The van der Waals surface area contributed by atoms with Crippen LogP contribution < -0.4 is 14.2 Å². The minimum atomic E-state index is -0.730. The minimum Gasteiger partial charge on any atom is -0.507 e. The average molecular weight is 443 g/mol. The molecule has 1 aliphatic heterocycles. The third-order valence-electron chi connectivity index (χ3n) is 4.40. The molecule has 2 aromatic carbocycles. The highest BCUT2D eigenvalue weighted by Crippen LogP contribution is 2.42. The maximum absolute atomic E-state index is 12.3. The van der Waals surface area contributed by atoms with Crippen molar-refractivity contribution >= 4 is 34.5 Å². The summed E-state index contributed by atoms with van der Waals surface area (Å²) in [6, 6.07) is 9.79. The van der Waals surface area contributed by atoms with Crippen LogP contribution in [0.4, 0.5) is 5.69 Å². The highest BCUT2D eigenvalue weighted by atomic mass is 32.2. The summed E-state index contributed by atoms with van der Waals surface area (Å²) in [5.74, 6) is 0.444. The van der Waals surface area contributed by atoms with Gasteiger partial charge >= 0.3 is 5.97 Å². The molecule has 2 N–H and O–H groups in total. The first-order valence-electron chi connectivity index (χ1n) is 9.01. The van der Waals surface area contributed by atoms with Crippen molar-refractivity contribution in [3.05, 3.63) is 58.2 Å². The Morgan fingerprint density at radius 1 is 0.968 bits per heavy atom. The van der Waals surface area contributed by atoms with Crippen LogP contribution in [-0.4, -0.2) is 49.7 Å². The Hall–Kier alpha value is -3.59. The largest absolute Gasteiger partial charge is 0.507 e. The summed E-state index contributed by atoms with van der Waals surface area (Å²) in [6.45, 7) is 0. The molecule has 0 radical (unpaired) electrons. The quantitative estimate of drug-likeness (QED) is 0.639. The van der Waals surface area contributed by atoms with Crippen LogP contribution in [0.5, 0.6) is 23.0 Å². The number of aromatic hydroxyl groups is 1. The van der Waals surface area contributed by atoms with Crippen molar-refractivity contribution < 1.29 is 34.0 Å². The van der Waals surface area contributed by atoms with Gasteiger partial charge in [-0.2, -0.15) is 0 Å². The molecule has 0 amide bonds. The zero-order chi connectivity index (χ0) is 22.5. The van der Waals surface area contributed by atoms with Crippen molar-refractivity contribution in [1.29, 1.82) is 0 Å². The second-order valence-electron chi connectivity index (χ2n) is 6.21. The number of hydrogen-bond donors (Lipinski definition) is 2. The van der Waals surface area contributed by atoms with Crippen molar-refractivity contribution in [2.24, 2.45) is 4.99 Å². The standard InChI is InChI=1S/C22H21NO7S/c1-27-14-7-5-12(15(24)11-14)9-18-20(25)19(22(26)30-4)21(31-18)23-13-6-8-16(28-2)17(10-13)29-3/h5-11,24-25H,1-4H3/b18-9+,23-21?. The molecule has 0 spiro atoms. The molecule has 0 saturated carbocycles. The first-order chi connectivity index (χ1) is 14.9. The van der Waals surface area contributed by atoms with Crippen LogP contribution in [0.3, 0.4) is 0 Å². The van der Waals surface area contributed by atoms with Crippen LogP contribution in [0, 0.1) is 0 Å². The van der Waals surface area contributed by atoms with Crippen molar-refractivity contribution in [1.82, 2.24) is 0 Å². The number of ether oxygens (including phenoxy) is 4. The molecule has 8 nitrogen and oxygen atoms in total. The van der Waals surface area contributed by atoms with Gasteiger partial charge in [-0.3, -0.25) is 0 Å². The summed E-state index contributed by atoms with van der Waals surface area (Å²) in [5, 5.41) is 21.2. The molecule has 0 bridgehead atoms. The molecule has 0 aromatic heterocycles. The first-order valence-corrected chi connectivity index (χ1v) is 9.83. The van der Waals surface area contributed by atoms with Crippen LogP contribution in [0.2, 0.25) is 0 Å². The van der Waals surface area contributed by atoms with Gasteiger partial charge in [-0.1, -0.05) is 11.8 Å². The molecular formula is C22H21NO7S. The van der Waals surface area contributed by atoms with Crippen molar-refractivity contribution in [2.75, 3.05) is 28.4 Å². The Morgan fingerprint density at radius 3 is 2.32 bits per heavy atom. The van der Waals surface area contributed by atoms with Crippen LogP contribution in [-0.2, 0) is 9.53 Å². The van der Waals surface area contributed by atoms with E-state index in [2.05, 4.69) is 4.99 Å². The summed E-state index contributed by atoms with van der Waals surface area (Å²) in [7, 11) is 5.75. The topological polar surface area (TPSA) is 107 Å². The van der Waals surface area contributed by atoms with Crippen molar-refractivity contribution in [2.45, 2.75) is 0 Å². The number of nitrogens with zero attached hydrogens (tertiary/aromatic N) is 1. The molecule has 31 heavy (non-hydrogen) atoms. The Labute approximate surface area is 183 Å². The lowest BCUT2D eigenvalue weighted by molar-refractivity contribution is -0.135. The van der Waals surface area contributed by atoms with Gasteiger partial charge in [-0.25, -0.2) is 9.79 Å². The molecule has 1 aliphatic rings. The zero-order valence-electron chi connectivity index (χ0n) is 17.3. The van der Waals surface area contributed by atoms with E-state index >= 15 is 0 Å². The number of esters is 1. The zero-order valence-corrected chi connectivity index (χ0v) is 18.1. The number of thioether (sulfide) groups is 1. The summed E-state index contributed by atoms with van der Waals surface area (Å²) in [5.41, 5.74) is 0.857. The summed E-state index contributed by atoms with van der Waals surface area (Å²) >= 11 is 1.07. The van der Waals surface area contributed by atoms with Gasteiger partial charge in [-0.15, -0.1) is 0 Å². The molecule has 1 heterocycles. The van der Waals surface area contributed by atoms with E-state index in [1.807, 2.05) is 0 Å². The molecule has 9 heteroatoms. The number of aliphatic imine (C=N–C) groups is 1. The minimum absolute atomic E-state index is 0.0369. The fourth-order valence-electron chi connectivity index (χ4n) is 2.82. The SMILES string of the molecule is COC(=O)C1=C(O)/C(=C\c2ccc(OC)cc2O)SC1=Nc1ccc(OC)c(OC)c1. The Morgan fingerprint density at radius 2 is 1.71 bits per heavy atom. The number of methoxy groups -OCH3 is 4. The van der Waals surface area contributed by atoms with Gasteiger partial charge in [-0.05, 0) is 30.3 Å². The molecular weight excluding hydrogens is 422 g/mol. The van der Waals surface area contributed by atoms with Gasteiger partial charge in [0.15, 0.2) is 11.5 Å². The van der Waals surface area contributed by atoms with E-state index in [-0.39, 0.29) is 22.1 Å². The second-order valence-corrected chi connectivity index (χ2v) is 7.24. The van der Waals surface area contributed by atoms with E-state index in [1.54, 1.807) is 36.4 Å². The van der Waals surface area contributed by atoms with Crippen LogP contribution in [0.25, 0.3) is 6.08 Å². The average Bonchev–Trinajstić information content (AvgIpc) is 3.08. The number of carbonyl (C=O) groups is 1. The molecule has 2 aromatic rings. The highest BCUT2D eigenvalue weighted by Gasteiger charge is 2.33. The molecule has 0 fully saturated rings. The van der Waals surface area contributed by atoms with E-state index in [4.69, 9.17) is 18.9 Å². The monoisotopic (exact) mass is 443 g/mol. The number of phenolic OH excluding ortho intramolecular Hbond substituents is 1. The molecule has 0 unspecified atom stereocenters. The lowest BCUT2D eigenvalue weighted by atomic mass is 10.1. The third-order valence-corrected chi connectivity index (χ3v) is 5.42. The highest BCUT2D eigenvalue weighted by molar-refractivity contribution is 8.18. The van der Waals surface area contributed by atoms with E-state index < -0.39 is 5.97 Å². The number of aliphatic hydroxyl groups excluding tert-OH is 1. The second kappa shape index (κ2) is 9.48. The molecule has 162 valence electrons. The Kier molecular flexibility index (Phi) is 6.76. The van der Waals surface area contributed by atoms with E-state index in [9.17, 15) is 15.0 Å². The van der Waals surface area contributed by atoms with Crippen molar-refractivity contribution in [3.8, 4) is 23.0 Å². The van der Waals surface area contributed by atoms with Gasteiger partial charge < -0.3 is 29.2 Å². The van der Waals surface area contributed by atoms with Gasteiger partial charge in [0, 0.05) is 17.7 Å². The fourth-order valence-corrected chi connectivity index (χ4v) is 3.84. The number of hydrogen-bond acceptors (Lipinski definition) is 9. The molecule has 0 aliphatic carbocycles. The van der Waals surface area contributed by atoms with Gasteiger partial charge in [0.05, 0.1) is 39.0 Å². The number of carbonyl (C=O) groups excluding carboxylic acids is 1. The first kappa shape index (κ1) is 22.1. The maximum atomic E-state index is 12.3. The number of phenols is 1. The number of rotatable bonds is 6.